The van der Waals surface area contributed by atoms with Crippen LogP contribution in [-0.2, 0) is 34.1 Å². The molecule has 2 nitrogen and oxygen atoms in total. The molecule has 4 heteroatoms. The fourth-order valence-electron chi connectivity index (χ4n) is 3.88. The third kappa shape index (κ3) is 9.09. The molecule has 0 amide bonds. The van der Waals surface area contributed by atoms with Gasteiger partial charge in [0.2, 0.25) is 0 Å². The van der Waals surface area contributed by atoms with Crippen molar-refractivity contribution in [3.63, 3.8) is 0 Å². The largest absolute Gasteiger partial charge is 2.00 e. The van der Waals surface area contributed by atoms with Crippen LogP contribution in [0.15, 0.2) is 0 Å². The Morgan fingerprint density at radius 3 is 0.788 bits per heavy atom. The van der Waals surface area contributed by atoms with Crippen LogP contribution >= 0.6 is 0 Å². The van der Waals surface area contributed by atoms with Gasteiger partial charge in [-0.15, -0.1) is 0 Å². The molecule has 0 N–H and O–H groups in total. The minimum Gasteiger partial charge on any atom is -0.227 e. The second-order valence-corrected chi connectivity index (χ2v) is 8.68. The van der Waals surface area contributed by atoms with Crippen molar-refractivity contribution in [2.75, 3.05) is 0 Å². The molecule has 2 heterocycles. The molecule has 0 atom stereocenters. The van der Waals surface area contributed by atoms with Gasteiger partial charge in [0.05, 0.1) is 12.1 Å². The van der Waals surface area contributed by atoms with Gasteiger partial charge in [-0.25, -0.2) is 10.6 Å². The molecule has 4 fully saturated rings. The Labute approximate surface area is 229 Å². The van der Waals surface area contributed by atoms with Gasteiger partial charge in [-0.05, 0) is 91.3 Å². The molecule has 2 aliphatic carbocycles. The van der Waals surface area contributed by atoms with Crippen LogP contribution in [0.4, 0.5) is 0 Å². The molecule has 4 rings (SSSR count). The number of nitrogens with zero attached hydrogens (tertiary/aromatic N) is 2. The van der Waals surface area contributed by atoms with E-state index in [0.717, 1.165) is 18.5 Å². The normalized spacial score (nSPS) is 26.7. The maximum atomic E-state index is 4.15. The average molecular weight is 526 g/mol. The third-order valence-corrected chi connectivity index (χ3v) is 7.22. The van der Waals surface area contributed by atoms with Crippen LogP contribution < -0.4 is 10.6 Å². The second-order valence-electron chi connectivity index (χ2n) is 8.68. The van der Waals surface area contributed by atoms with Gasteiger partial charge in [0.15, 0.2) is 0 Å². The van der Waals surface area contributed by atoms with Crippen molar-refractivity contribution in [2.45, 2.75) is 75.7 Å². The molecule has 0 aromatic rings. The van der Waals surface area contributed by atoms with E-state index in [9.17, 15) is 0 Å². The molecule has 0 aromatic heterocycles. The minimum absolute atomic E-state index is 0. The maximum absolute atomic E-state index is 4.15. The maximum Gasteiger partial charge on any atom is 2.00 e. The van der Waals surface area contributed by atoms with Crippen LogP contribution in [0.25, 0.3) is 0 Å². The Morgan fingerprint density at radius 1 is 0.424 bits per heavy atom. The topological polar surface area (TPSA) is 28.2 Å². The molecule has 0 bridgehead atoms. The van der Waals surface area contributed by atoms with E-state index in [-0.39, 0.29) is 34.1 Å². The summed E-state index contributed by atoms with van der Waals surface area (Å²) in [6, 6.07) is 2.17. The molecular formula is C29H38Fe2N2+4. The van der Waals surface area contributed by atoms with E-state index in [1.165, 1.54) is 59.2 Å². The molecule has 4 aliphatic rings. The van der Waals surface area contributed by atoms with Gasteiger partial charge in [0.25, 0.3) is 0 Å². The Bertz CT molecular complexity index is 370. The van der Waals surface area contributed by atoms with Gasteiger partial charge in [-0.1, -0.05) is 69.2 Å². The predicted molar refractivity (Wildman–Crippen MR) is 130 cm³/mol. The molecule has 0 aromatic carbocycles. The zero-order valence-corrected chi connectivity index (χ0v) is 24.0. The standard InChI is InChI=1S/2C10H15.C9H8N2.2Fe/c2*1-6-7(2)9(4)10(5)8(6)3;1-3-8(10-5-1)7-9-4-2-6-11-9;;/h2*1-5H3;1-6H,7H2;;/q;;;2*+2. The first-order valence-electron chi connectivity index (χ1n) is 11.1. The van der Waals surface area contributed by atoms with Crippen molar-refractivity contribution in [2.24, 2.45) is 0 Å². The van der Waals surface area contributed by atoms with Crippen LogP contribution in [0.1, 0.15) is 75.7 Å². The fourth-order valence-corrected chi connectivity index (χ4v) is 3.88. The molecule has 20 radical (unpaired) electrons. The van der Waals surface area contributed by atoms with Crippen molar-refractivity contribution in [3.05, 3.63) is 110 Å². The summed E-state index contributed by atoms with van der Waals surface area (Å²) >= 11 is 0. The minimum atomic E-state index is 0. The smallest absolute Gasteiger partial charge is 0.227 e. The first-order valence-corrected chi connectivity index (χ1v) is 11.1. The number of hydrogen-bond donors (Lipinski definition) is 0. The number of hydrogen-bond acceptors (Lipinski definition) is 0. The first-order chi connectivity index (χ1) is 14.6. The third-order valence-electron chi connectivity index (χ3n) is 7.22. The molecule has 2 saturated carbocycles. The SMILES string of the molecule is C[C]1[C](C)[C](C)[C](C)[C]1C.C[C]1[C](C)[C](C)[C](C)[C]1C.[CH]1[CH][N][C](C[C]2[CH][CH][CH][N]2)[CH]1.[Fe+2].[Fe+2]. The first kappa shape index (κ1) is 34.0. The van der Waals surface area contributed by atoms with Crippen molar-refractivity contribution < 1.29 is 34.1 Å². The van der Waals surface area contributed by atoms with E-state index >= 15 is 0 Å². The zero-order valence-electron chi connectivity index (χ0n) is 21.8. The summed E-state index contributed by atoms with van der Waals surface area (Å²) in [6.07, 6.45) is 8.75. The molecule has 0 unspecified atom stereocenters. The zero-order chi connectivity index (χ0) is 23.3. The van der Waals surface area contributed by atoms with Crippen LogP contribution in [-0.4, -0.2) is 0 Å². The van der Waals surface area contributed by atoms with Crippen LogP contribution in [0.5, 0.6) is 0 Å². The van der Waals surface area contributed by atoms with Gasteiger partial charge in [-0.3, -0.25) is 0 Å². The molecule has 2 saturated heterocycles. The van der Waals surface area contributed by atoms with E-state index in [4.69, 9.17) is 0 Å². The van der Waals surface area contributed by atoms with Gasteiger partial charge in [0.1, 0.15) is 0 Å². The Kier molecular flexibility index (Phi) is 16.4. The van der Waals surface area contributed by atoms with Crippen LogP contribution in [0.2, 0.25) is 0 Å². The van der Waals surface area contributed by atoms with E-state index in [0.29, 0.717) is 0 Å². The summed E-state index contributed by atoms with van der Waals surface area (Å²) in [5, 5.41) is 8.30. The Morgan fingerprint density at radius 2 is 0.636 bits per heavy atom. The van der Waals surface area contributed by atoms with Crippen molar-refractivity contribution in [3.8, 4) is 0 Å². The van der Waals surface area contributed by atoms with Crippen LogP contribution in [0, 0.1) is 110 Å². The van der Waals surface area contributed by atoms with Gasteiger partial charge < -0.3 is 0 Å². The van der Waals surface area contributed by atoms with Crippen molar-refractivity contribution >= 4 is 0 Å². The van der Waals surface area contributed by atoms with Crippen LogP contribution in [0.3, 0.4) is 0 Å². The summed E-state index contributed by atoms with van der Waals surface area (Å²) in [6.45, 7) is 25.6. The Balaban J connectivity index is 0.000000453. The van der Waals surface area contributed by atoms with E-state index in [2.05, 4.69) is 79.9 Å². The van der Waals surface area contributed by atoms with E-state index < -0.39 is 0 Å². The summed E-state index contributed by atoms with van der Waals surface area (Å²) in [4.78, 5) is 0. The summed E-state index contributed by atoms with van der Waals surface area (Å²) < 4.78 is 0. The molecule has 176 valence electrons. The van der Waals surface area contributed by atoms with Gasteiger partial charge >= 0.3 is 34.1 Å². The molecule has 0 spiro atoms. The second kappa shape index (κ2) is 15.9. The molecule has 33 heavy (non-hydrogen) atoms. The van der Waals surface area contributed by atoms with Crippen molar-refractivity contribution in [1.82, 2.24) is 10.6 Å². The average Bonchev–Trinajstić information content (AvgIpc) is 3.54. The summed E-state index contributed by atoms with van der Waals surface area (Å²) in [7, 11) is 0. The van der Waals surface area contributed by atoms with Crippen molar-refractivity contribution in [1.29, 1.82) is 0 Å². The van der Waals surface area contributed by atoms with E-state index in [1.807, 2.05) is 25.7 Å². The molecule has 2 aliphatic heterocycles. The molecular weight excluding hydrogens is 488 g/mol. The number of rotatable bonds is 2. The summed E-state index contributed by atoms with van der Waals surface area (Å²) in [5.41, 5.74) is 0. The Hall–Kier alpha value is 0.959. The van der Waals surface area contributed by atoms with Gasteiger partial charge in [0, 0.05) is 13.1 Å². The van der Waals surface area contributed by atoms with E-state index in [1.54, 1.807) is 13.1 Å². The predicted octanol–water partition coefficient (Wildman–Crippen LogP) is 6.76. The summed E-state index contributed by atoms with van der Waals surface area (Å²) in [5.74, 6) is 14.7. The monoisotopic (exact) mass is 526 g/mol. The quantitative estimate of drug-likeness (QED) is 0.356. The fraction of sp³-hybridized carbons (Fsp3) is 0.379. The van der Waals surface area contributed by atoms with Gasteiger partial charge in [-0.2, -0.15) is 0 Å².